The van der Waals surface area contributed by atoms with Crippen LogP contribution >= 0.6 is 0 Å². The first-order valence-electron chi connectivity index (χ1n) is 6.51. The Labute approximate surface area is 99.7 Å². The molecule has 2 rings (SSSR count). The average molecular weight is 226 g/mol. The molecular formula is C13H26N2O. The molecule has 0 spiro atoms. The fourth-order valence-corrected chi connectivity index (χ4v) is 2.75. The lowest BCUT2D eigenvalue weighted by atomic mass is 9.96. The minimum atomic E-state index is 0.333. The third-order valence-corrected chi connectivity index (χ3v) is 3.78. The summed E-state index contributed by atoms with van der Waals surface area (Å²) < 4.78 is 5.77. The molecule has 0 aromatic carbocycles. The number of hydrogen-bond donors (Lipinski definition) is 0. The molecule has 2 heterocycles. The Kier molecular flexibility index (Phi) is 3.30. The maximum absolute atomic E-state index is 5.77. The zero-order valence-electron chi connectivity index (χ0n) is 11.4. The fourth-order valence-electron chi connectivity index (χ4n) is 2.75. The highest BCUT2D eigenvalue weighted by molar-refractivity contribution is 4.95. The molecule has 0 amide bonds. The maximum Gasteiger partial charge on any atom is 0.0678 e. The van der Waals surface area contributed by atoms with Gasteiger partial charge < -0.3 is 4.74 Å². The van der Waals surface area contributed by atoms with Gasteiger partial charge in [0.1, 0.15) is 0 Å². The highest BCUT2D eigenvalue weighted by atomic mass is 16.5. The molecule has 3 nitrogen and oxygen atoms in total. The van der Waals surface area contributed by atoms with E-state index >= 15 is 0 Å². The second kappa shape index (κ2) is 4.28. The summed E-state index contributed by atoms with van der Waals surface area (Å²) in [6, 6.07) is 0.757. The van der Waals surface area contributed by atoms with E-state index in [-0.39, 0.29) is 0 Å². The fraction of sp³-hybridized carbons (Fsp3) is 1.00. The molecular weight excluding hydrogens is 200 g/mol. The Bertz CT molecular complexity index is 233. The van der Waals surface area contributed by atoms with Gasteiger partial charge in [-0.2, -0.15) is 0 Å². The van der Waals surface area contributed by atoms with Crippen molar-refractivity contribution in [3.63, 3.8) is 0 Å². The Morgan fingerprint density at radius 3 is 1.88 bits per heavy atom. The summed E-state index contributed by atoms with van der Waals surface area (Å²) in [7, 11) is 0. The molecule has 0 unspecified atom stereocenters. The summed E-state index contributed by atoms with van der Waals surface area (Å²) in [5, 5.41) is 0. The number of rotatable bonds is 1. The number of nitrogens with zero attached hydrogens (tertiary/aromatic N) is 2. The molecule has 16 heavy (non-hydrogen) atoms. The van der Waals surface area contributed by atoms with Gasteiger partial charge in [0.25, 0.3) is 0 Å². The minimum absolute atomic E-state index is 0.333. The Balaban J connectivity index is 1.83. The first-order valence-corrected chi connectivity index (χ1v) is 6.51. The summed E-state index contributed by atoms with van der Waals surface area (Å²) in [5.41, 5.74) is 0.333. The van der Waals surface area contributed by atoms with E-state index in [1.54, 1.807) is 0 Å². The van der Waals surface area contributed by atoms with Crippen LogP contribution < -0.4 is 0 Å². The topological polar surface area (TPSA) is 15.7 Å². The van der Waals surface area contributed by atoms with Crippen LogP contribution in [0.1, 0.15) is 34.6 Å². The van der Waals surface area contributed by atoms with Crippen LogP contribution in [0.5, 0.6) is 0 Å². The molecule has 2 aliphatic heterocycles. The molecule has 0 aromatic heterocycles. The number of morpholine rings is 1. The van der Waals surface area contributed by atoms with Gasteiger partial charge in [-0.05, 0) is 34.6 Å². The number of hydrogen-bond acceptors (Lipinski definition) is 3. The van der Waals surface area contributed by atoms with Gasteiger partial charge in [0, 0.05) is 37.8 Å². The molecule has 0 aliphatic carbocycles. The third kappa shape index (κ3) is 2.58. The summed E-state index contributed by atoms with van der Waals surface area (Å²) >= 11 is 0. The van der Waals surface area contributed by atoms with E-state index in [9.17, 15) is 0 Å². The molecule has 0 aromatic rings. The predicted molar refractivity (Wildman–Crippen MR) is 66.7 cm³/mol. The van der Waals surface area contributed by atoms with E-state index in [2.05, 4.69) is 44.4 Å². The van der Waals surface area contributed by atoms with Crippen LogP contribution in [-0.4, -0.2) is 59.8 Å². The van der Waals surface area contributed by atoms with Crippen molar-refractivity contribution in [3.8, 4) is 0 Å². The van der Waals surface area contributed by atoms with Gasteiger partial charge in [0.2, 0.25) is 0 Å². The van der Waals surface area contributed by atoms with Crippen LogP contribution in [0.2, 0.25) is 0 Å². The van der Waals surface area contributed by atoms with Gasteiger partial charge in [-0.3, -0.25) is 9.80 Å². The van der Waals surface area contributed by atoms with Crippen molar-refractivity contribution in [1.29, 1.82) is 0 Å². The van der Waals surface area contributed by atoms with Crippen molar-refractivity contribution >= 4 is 0 Å². The van der Waals surface area contributed by atoms with Gasteiger partial charge in [-0.15, -0.1) is 0 Å². The highest BCUT2D eigenvalue weighted by Crippen LogP contribution is 2.26. The molecule has 2 atom stereocenters. The van der Waals surface area contributed by atoms with E-state index in [0.717, 1.165) is 19.1 Å². The van der Waals surface area contributed by atoms with Crippen LogP contribution in [0.25, 0.3) is 0 Å². The first-order chi connectivity index (χ1) is 7.36. The molecule has 2 saturated heterocycles. The van der Waals surface area contributed by atoms with E-state index in [0.29, 0.717) is 17.7 Å². The lowest BCUT2D eigenvalue weighted by molar-refractivity contribution is -0.112. The van der Waals surface area contributed by atoms with Crippen LogP contribution in [0, 0.1) is 0 Å². The van der Waals surface area contributed by atoms with Crippen molar-refractivity contribution < 1.29 is 4.74 Å². The van der Waals surface area contributed by atoms with E-state index < -0.39 is 0 Å². The predicted octanol–water partition coefficient (Wildman–Crippen LogP) is 1.58. The molecule has 3 heteroatoms. The summed E-state index contributed by atoms with van der Waals surface area (Å²) in [5.74, 6) is 0. The second-order valence-corrected chi connectivity index (χ2v) is 6.44. The molecule has 0 N–H and O–H groups in total. The normalized spacial score (nSPS) is 35.1. The van der Waals surface area contributed by atoms with Gasteiger partial charge in [0.05, 0.1) is 12.2 Å². The van der Waals surface area contributed by atoms with Crippen molar-refractivity contribution in [2.24, 2.45) is 0 Å². The SMILES string of the molecule is C[C@@H]1CN(C2CN(C(C)(C)C)C2)C[C@H](C)O1. The van der Waals surface area contributed by atoms with E-state index in [4.69, 9.17) is 4.74 Å². The number of likely N-dealkylation sites (tertiary alicyclic amines) is 1. The van der Waals surface area contributed by atoms with Crippen molar-refractivity contribution in [2.45, 2.75) is 58.4 Å². The van der Waals surface area contributed by atoms with Crippen LogP contribution in [0.3, 0.4) is 0 Å². The summed E-state index contributed by atoms with van der Waals surface area (Å²) in [4.78, 5) is 5.17. The minimum Gasteiger partial charge on any atom is -0.373 e. The quantitative estimate of drug-likeness (QED) is 0.675. The summed E-state index contributed by atoms with van der Waals surface area (Å²) in [6.45, 7) is 15.9. The standard InChI is InChI=1S/C13H26N2O/c1-10-6-14(7-11(2)16-10)12-8-15(9-12)13(3,4)5/h10-12H,6-9H2,1-5H3/t10-,11+. The molecule has 2 aliphatic rings. The van der Waals surface area contributed by atoms with Crippen LogP contribution in [-0.2, 0) is 4.74 Å². The molecule has 2 fully saturated rings. The number of ether oxygens (including phenoxy) is 1. The maximum atomic E-state index is 5.77. The largest absolute Gasteiger partial charge is 0.373 e. The van der Waals surface area contributed by atoms with Gasteiger partial charge in [-0.25, -0.2) is 0 Å². The Hall–Kier alpha value is -0.120. The monoisotopic (exact) mass is 226 g/mol. The smallest absolute Gasteiger partial charge is 0.0678 e. The van der Waals surface area contributed by atoms with E-state index in [1.807, 2.05) is 0 Å². The lowest BCUT2D eigenvalue weighted by Crippen LogP contribution is -2.67. The van der Waals surface area contributed by atoms with E-state index in [1.165, 1.54) is 13.1 Å². The Morgan fingerprint density at radius 1 is 0.938 bits per heavy atom. The van der Waals surface area contributed by atoms with Gasteiger partial charge >= 0.3 is 0 Å². The first kappa shape index (κ1) is 12.3. The lowest BCUT2D eigenvalue weighted by Gasteiger charge is -2.53. The van der Waals surface area contributed by atoms with Crippen molar-refractivity contribution in [2.75, 3.05) is 26.2 Å². The molecule has 0 radical (unpaired) electrons. The van der Waals surface area contributed by atoms with Crippen LogP contribution in [0.15, 0.2) is 0 Å². The summed E-state index contributed by atoms with van der Waals surface area (Å²) in [6.07, 6.45) is 0.792. The molecule has 0 saturated carbocycles. The third-order valence-electron chi connectivity index (χ3n) is 3.78. The zero-order valence-corrected chi connectivity index (χ0v) is 11.4. The Morgan fingerprint density at radius 2 is 1.44 bits per heavy atom. The van der Waals surface area contributed by atoms with Crippen molar-refractivity contribution in [3.05, 3.63) is 0 Å². The van der Waals surface area contributed by atoms with Crippen molar-refractivity contribution in [1.82, 2.24) is 9.80 Å². The average Bonchev–Trinajstić information content (AvgIpc) is 1.94. The van der Waals surface area contributed by atoms with Crippen LogP contribution in [0.4, 0.5) is 0 Å². The molecule has 94 valence electrons. The van der Waals surface area contributed by atoms with Gasteiger partial charge in [-0.1, -0.05) is 0 Å². The van der Waals surface area contributed by atoms with Gasteiger partial charge in [0.15, 0.2) is 0 Å². The highest BCUT2D eigenvalue weighted by Gasteiger charge is 2.39. The zero-order chi connectivity index (χ0) is 11.9. The second-order valence-electron chi connectivity index (χ2n) is 6.44. The molecule has 0 bridgehead atoms.